The zero-order valence-electron chi connectivity index (χ0n) is 17.9. The number of amides is 1. The van der Waals surface area contributed by atoms with Crippen molar-refractivity contribution in [1.29, 1.82) is 0 Å². The van der Waals surface area contributed by atoms with Crippen molar-refractivity contribution in [2.45, 2.75) is 50.2 Å². The van der Waals surface area contributed by atoms with Crippen LogP contribution in [0.5, 0.6) is 0 Å². The van der Waals surface area contributed by atoms with Crippen molar-refractivity contribution in [3.63, 3.8) is 0 Å². The predicted molar refractivity (Wildman–Crippen MR) is 122 cm³/mol. The first-order valence-electron chi connectivity index (χ1n) is 10.6. The number of nitrogens with zero attached hydrogens (tertiary/aromatic N) is 1. The van der Waals surface area contributed by atoms with Crippen LogP contribution < -0.4 is 4.72 Å². The van der Waals surface area contributed by atoms with E-state index in [2.05, 4.69) is 4.72 Å². The van der Waals surface area contributed by atoms with Crippen molar-refractivity contribution >= 4 is 33.5 Å². The molecule has 2 aromatic rings. The molecule has 0 bridgehead atoms. The Bertz CT molecular complexity index is 1050. The second-order valence-electron chi connectivity index (χ2n) is 7.74. The van der Waals surface area contributed by atoms with Crippen LogP contribution in [0, 0.1) is 0 Å². The van der Waals surface area contributed by atoms with Gasteiger partial charge in [-0.05, 0) is 43.5 Å². The summed E-state index contributed by atoms with van der Waals surface area (Å²) in [5.74, 6) is -1.02. The molecule has 1 aliphatic heterocycles. The Kier molecular flexibility index (Phi) is 8.28. The minimum Gasteiger partial charge on any atom is -0.449 e. The van der Waals surface area contributed by atoms with Crippen LogP contribution in [0.4, 0.5) is 0 Å². The van der Waals surface area contributed by atoms with Crippen LogP contribution >= 0.6 is 11.6 Å². The van der Waals surface area contributed by atoms with Crippen LogP contribution in [0.3, 0.4) is 0 Å². The number of sulfonamides is 1. The van der Waals surface area contributed by atoms with Crippen LogP contribution in [-0.2, 0) is 26.1 Å². The monoisotopic (exact) mass is 478 g/mol. The normalized spacial score (nSPS) is 15.6. The number of ether oxygens (including phenoxy) is 1. The van der Waals surface area contributed by atoms with Gasteiger partial charge in [0.15, 0.2) is 6.10 Å². The lowest BCUT2D eigenvalue weighted by molar-refractivity contribution is -0.139. The van der Waals surface area contributed by atoms with Crippen LogP contribution in [0.15, 0.2) is 53.4 Å². The van der Waals surface area contributed by atoms with Gasteiger partial charge in [0, 0.05) is 19.6 Å². The Morgan fingerprint density at radius 1 is 1.06 bits per heavy atom. The SMILES string of the molecule is CC(OC(=O)c1ccc(Cl)c(S(=O)(=O)NCc2ccccc2)c1)C(=O)N1CCCCCC1. The van der Waals surface area contributed by atoms with Gasteiger partial charge in [0.05, 0.1) is 10.6 Å². The molecule has 1 N–H and O–H groups in total. The van der Waals surface area contributed by atoms with E-state index in [0.29, 0.717) is 13.1 Å². The molecule has 3 rings (SSSR count). The molecule has 1 unspecified atom stereocenters. The standard InChI is InChI=1S/C23H27ClN2O5S/c1-17(22(27)26-13-7-2-3-8-14-26)31-23(28)19-11-12-20(24)21(15-19)32(29,30)25-16-18-9-5-4-6-10-18/h4-6,9-12,15,17,25H,2-3,7-8,13-14,16H2,1H3. The molecule has 1 aliphatic rings. The Balaban J connectivity index is 1.69. The van der Waals surface area contributed by atoms with Gasteiger partial charge in [-0.2, -0.15) is 0 Å². The Hall–Kier alpha value is -2.42. The van der Waals surface area contributed by atoms with Gasteiger partial charge in [0.25, 0.3) is 5.91 Å². The van der Waals surface area contributed by atoms with Gasteiger partial charge in [-0.15, -0.1) is 0 Å². The fourth-order valence-electron chi connectivity index (χ4n) is 3.52. The van der Waals surface area contributed by atoms with E-state index in [1.54, 1.807) is 29.2 Å². The number of carbonyl (C=O) groups excluding carboxylic acids is 2. The van der Waals surface area contributed by atoms with Gasteiger partial charge >= 0.3 is 5.97 Å². The fraction of sp³-hybridized carbons (Fsp3) is 0.391. The van der Waals surface area contributed by atoms with E-state index in [-0.39, 0.29) is 27.9 Å². The smallest absolute Gasteiger partial charge is 0.338 e. The summed E-state index contributed by atoms with van der Waals surface area (Å²) in [6.07, 6.45) is 3.06. The first-order valence-corrected chi connectivity index (χ1v) is 12.5. The minimum atomic E-state index is -3.98. The highest BCUT2D eigenvalue weighted by Crippen LogP contribution is 2.24. The maximum Gasteiger partial charge on any atom is 0.338 e. The Morgan fingerprint density at radius 3 is 2.38 bits per heavy atom. The summed E-state index contributed by atoms with van der Waals surface area (Å²) in [5, 5.41) is -0.0178. The first kappa shape index (κ1) is 24.2. The van der Waals surface area contributed by atoms with E-state index in [1.807, 2.05) is 6.07 Å². The molecular formula is C23H27ClN2O5S. The highest BCUT2D eigenvalue weighted by Gasteiger charge is 2.26. The number of hydrogen-bond donors (Lipinski definition) is 1. The molecule has 0 saturated carbocycles. The maximum atomic E-state index is 12.8. The van der Waals surface area contributed by atoms with Crippen molar-refractivity contribution in [3.8, 4) is 0 Å². The number of likely N-dealkylation sites (tertiary alicyclic amines) is 1. The topological polar surface area (TPSA) is 92.8 Å². The molecule has 1 fully saturated rings. The van der Waals surface area contributed by atoms with Crippen molar-refractivity contribution in [2.75, 3.05) is 13.1 Å². The van der Waals surface area contributed by atoms with Crippen LogP contribution in [0.25, 0.3) is 0 Å². The lowest BCUT2D eigenvalue weighted by Gasteiger charge is -2.24. The summed E-state index contributed by atoms with van der Waals surface area (Å²) in [7, 11) is -3.98. The third kappa shape index (κ3) is 6.31. The van der Waals surface area contributed by atoms with Crippen LogP contribution in [0.2, 0.25) is 5.02 Å². The first-order chi connectivity index (χ1) is 15.3. The van der Waals surface area contributed by atoms with Gasteiger partial charge in [-0.25, -0.2) is 17.9 Å². The lowest BCUT2D eigenvalue weighted by Crippen LogP contribution is -2.40. The highest BCUT2D eigenvalue weighted by atomic mass is 35.5. The molecule has 0 radical (unpaired) electrons. The maximum absolute atomic E-state index is 12.8. The van der Waals surface area contributed by atoms with Gasteiger partial charge in [-0.1, -0.05) is 54.8 Å². The van der Waals surface area contributed by atoms with Crippen molar-refractivity contribution in [2.24, 2.45) is 0 Å². The average Bonchev–Trinajstić information content (AvgIpc) is 3.07. The summed E-state index contributed by atoms with van der Waals surface area (Å²) < 4.78 is 33.3. The molecule has 0 spiro atoms. The number of carbonyl (C=O) groups is 2. The van der Waals surface area contributed by atoms with Crippen LogP contribution in [-0.4, -0.2) is 44.4 Å². The molecule has 7 nitrogen and oxygen atoms in total. The molecule has 1 atom stereocenters. The van der Waals surface area contributed by atoms with Crippen LogP contribution in [0.1, 0.15) is 48.5 Å². The molecule has 1 saturated heterocycles. The van der Waals surface area contributed by atoms with E-state index in [0.717, 1.165) is 31.2 Å². The van der Waals surface area contributed by atoms with E-state index >= 15 is 0 Å². The van der Waals surface area contributed by atoms with E-state index in [4.69, 9.17) is 16.3 Å². The summed E-state index contributed by atoms with van der Waals surface area (Å²) >= 11 is 6.11. The molecule has 2 aromatic carbocycles. The number of esters is 1. The van der Waals surface area contributed by atoms with E-state index in [1.165, 1.54) is 25.1 Å². The third-order valence-electron chi connectivity index (χ3n) is 5.31. The number of benzene rings is 2. The molecule has 1 heterocycles. The summed E-state index contributed by atoms with van der Waals surface area (Å²) in [6.45, 7) is 2.91. The molecule has 32 heavy (non-hydrogen) atoms. The summed E-state index contributed by atoms with van der Waals surface area (Å²) in [6, 6.07) is 12.9. The predicted octanol–water partition coefficient (Wildman–Crippen LogP) is 3.77. The second kappa shape index (κ2) is 10.9. The third-order valence-corrected chi connectivity index (χ3v) is 7.20. The summed E-state index contributed by atoms with van der Waals surface area (Å²) in [4.78, 5) is 26.8. The lowest BCUT2D eigenvalue weighted by atomic mass is 10.2. The second-order valence-corrected chi connectivity index (χ2v) is 9.88. The number of rotatable bonds is 7. The zero-order valence-corrected chi connectivity index (χ0v) is 19.5. The van der Waals surface area contributed by atoms with Gasteiger partial charge < -0.3 is 9.64 Å². The molecule has 0 aromatic heterocycles. The number of hydrogen-bond acceptors (Lipinski definition) is 5. The van der Waals surface area contributed by atoms with Gasteiger partial charge in [0.1, 0.15) is 4.90 Å². The molecule has 1 amide bonds. The number of nitrogens with one attached hydrogen (secondary N) is 1. The van der Waals surface area contributed by atoms with Crippen molar-refractivity contribution in [3.05, 3.63) is 64.7 Å². The molecule has 9 heteroatoms. The van der Waals surface area contributed by atoms with Gasteiger partial charge in [0.2, 0.25) is 10.0 Å². The van der Waals surface area contributed by atoms with Crippen molar-refractivity contribution < 1.29 is 22.7 Å². The number of halogens is 1. The molecular weight excluding hydrogens is 452 g/mol. The molecule has 172 valence electrons. The highest BCUT2D eigenvalue weighted by molar-refractivity contribution is 7.89. The van der Waals surface area contributed by atoms with Gasteiger partial charge in [-0.3, -0.25) is 4.79 Å². The van der Waals surface area contributed by atoms with Crippen molar-refractivity contribution in [1.82, 2.24) is 9.62 Å². The quantitative estimate of drug-likeness (QED) is 0.611. The zero-order chi connectivity index (χ0) is 23.1. The molecule has 0 aliphatic carbocycles. The average molecular weight is 479 g/mol. The van der Waals surface area contributed by atoms with E-state index in [9.17, 15) is 18.0 Å². The fourth-order valence-corrected chi connectivity index (χ4v) is 5.06. The Morgan fingerprint density at radius 2 is 1.72 bits per heavy atom. The summed E-state index contributed by atoms with van der Waals surface area (Å²) in [5.41, 5.74) is 0.786. The van der Waals surface area contributed by atoms with E-state index < -0.39 is 22.1 Å². The Labute approximate surface area is 193 Å². The largest absolute Gasteiger partial charge is 0.449 e. The minimum absolute atomic E-state index is 0.00463.